The highest BCUT2D eigenvalue weighted by Crippen LogP contribution is 2.59. The summed E-state index contributed by atoms with van der Waals surface area (Å²) in [5.41, 5.74) is 0.130. The average Bonchev–Trinajstić information content (AvgIpc) is 3.16. The van der Waals surface area contributed by atoms with Crippen LogP contribution in [0.25, 0.3) is 0 Å². The Hall–Kier alpha value is -0.890. The van der Waals surface area contributed by atoms with Gasteiger partial charge in [-0.2, -0.15) is 0 Å². The summed E-state index contributed by atoms with van der Waals surface area (Å²) in [6.45, 7) is 0.812. The van der Waals surface area contributed by atoms with Crippen LogP contribution in [0.1, 0.15) is 24.8 Å². The number of benzene rings is 1. The highest BCUT2D eigenvalue weighted by atomic mass is 19.1. The fourth-order valence-electron chi connectivity index (χ4n) is 2.47. The Labute approximate surface area is 95.6 Å². The molecular formula is C14H17FO. The molecule has 0 saturated heterocycles. The zero-order chi connectivity index (χ0) is 11.0. The van der Waals surface area contributed by atoms with E-state index in [0.29, 0.717) is 18.4 Å². The van der Waals surface area contributed by atoms with Gasteiger partial charge in [-0.25, -0.2) is 4.39 Å². The zero-order valence-corrected chi connectivity index (χ0v) is 9.36. The second-order valence-electron chi connectivity index (χ2n) is 5.16. The summed E-state index contributed by atoms with van der Waals surface area (Å²) in [6.07, 6.45) is 3.19. The highest BCUT2D eigenvalue weighted by Gasteiger charge is 2.61. The van der Waals surface area contributed by atoms with Crippen molar-refractivity contribution in [3.05, 3.63) is 35.9 Å². The van der Waals surface area contributed by atoms with Crippen LogP contribution in [-0.2, 0) is 11.3 Å². The van der Waals surface area contributed by atoms with E-state index in [4.69, 9.17) is 4.74 Å². The third-order valence-corrected chi connectivity index (χ3v) is 3.71. The number of ether oxygens (including phenoxy) is 1. The molecule has 2 aliphatic rings. The molecule has 3 rings (SSSR count). The molecule has 1 aromatic carbocycles. The molecule has 2 atom stereocenters. The van der Waals surface area contributed by atoms with E-state index in [2.05, 4.69) is 0 Å². The van der Waals surface area contributed by atoms with Crippen LogP contribution in [0.3, 0.4) is 0 Å². The van der Waals surface area contributed by atoms with Crippen molar-refractivity contribution in [2.24, 2.45) is 11.8 Å². The summed E-state index contributed by atoms with van der Waals surface area (Å²) in [6, 6.07) is 9.96. The summed E-state index contributed by atoms with van der Waals surface area (Å²) >= 11 is 0. The van der Waals surface area contributed by atoms with E-state index in [1.165, 1.54) is 12.8 Å². The summed E-state index contributed by atoms with van der Waals surface area (Å²) in [5, 5.41) is 0. The molecule has 0 radical (unpaired) electrons. The molecule has 0 aromatic heterocycles. The fourth-order valence-corrected chi connectivity index (χ4v) is 2.47. The Bertz CT molecular complexity index is 360. The first-order chi connectivity index (χ1) is 7.78. The molecule has 0 spiro atoms. The molecule has 2 saturated carbocycles. The Morgan fingerprint density at radius 3 is 2.69 bits per heavy atom. The Morgan fingerprint density at radius 1 is 1.25 bits per heavy atom. The fraction of sp³-hybridized carbons (Fsp3) is 0.571. The minimum Gasteiger partial charge on any atom is -0.373 e. The first-order valence-electron chi connectivity index (χ1n) is 6.08. The Morgan fingerprint density at radius 2 is 2.00 bits per heavy atom. The van der Waals surface area contributed by atoms with Gasteiger partial charge >= 0.3 is 0 Å². The average molecular weight is 220 g/mol. The van der Waals surface area contributed by atoms with Gasteiger partial charge < -0.3 is 4.74 Å². The van der Waals surface area contributed by atoms with E-state index >= 15 is 0 Å². The SMILES string of the molecule is FC1(COCc2ccccc2)CC1C1CC1. The lowest BCUT2D eigenvalue weighted by Crippen LogP contribution is -2.15. The molecule has 86 valence electrons. The van der Waals surface area contributed by atoms with Gasteiger partial charge in [-0.1, -0.05) is 30.3 Å². The van der Waals surface area contributed by atoms with Crippen LogP contribution in [0.4, 0.5) is 4.39 Å². The minimum absolute atomic E-state index is 0.281. The van der Waals surface area contributed by atoms with Crippen LogP contribution in [0.5, 0.6) is 0 Å². The van der Waals surface area contributed by atoms with Crippen molar-refractivity contribution in [1.29, 1.82) is 0 Å². The van der Waals surface area contributed by atoms with Gasteiger partial charge in [0.25, 0.3) is 0 Å². The molecule has 0 heterocycles. The predicted molar refractivity (Wildman–Crippen MR) is 60.8 cm³/mol. The zero-order valence-electron chi connectivity index (χ0n) is 9.36. The van der Waals surface area contributed by atoms with Crippen LogP contribution in [0.15, 0.2) is 30.3 Å². The van der Waals surface area contributed by atoms with Gasteiger partial charge in [-0.05, 0) is 30.7 Å². The third kappa shape index (κ3) is 2.12. The first kappa shape index (κ1) is 10.3. The van der Waals surface area contributed by atoms with Crippen molar-refractivity contribution in [3.63, 3.8) is 0 Å². The largest absolute Gasteiger partial charge is 0.373 e. The lowest BCUT2D eigenvalue weighted by Gasteiger charge is -2.08. The van der Waals surface area contributed by atoms with Gasteiger partial charge in [0.05, 0.1) is 13.2 Å². The summed E-state index contributed by atoms with van der Waals surface area (Å²) in [7, 11) is 0. The molecule has 2 aliphatic carbocycles. The number of alkyl halides is 1. The molecule has 16 heavy (non-hydrogen) atoms. The standard InChI is InChI=1S/C14H17FO/c15-14(8-13(14)12-6-7-12)10-16-9-11-4-2-1-3-5-11/h1-5,12-13H,6-10H2. The molecule has 1 aromatic rings. The van der Waals surface area contributed by atoms with Crippen molar-refractivity contribution >= 4 is 0 Å². The second kappa shape index (κ2) is 3.85. The van der Waals surface area contributed by atoms with Gasteiger partial charge in [0, 0.05) is 5.92 Å². The maximum atomic E-state index is 14.0. The maximum Gasteiger partial charge on any atom is 0.137 e. The second-order valence-corrected chi connectivity index (χ2v) is 5.16. The lowest BCUT2D eigenvalue weighted by atomic mass is 10.2. The molecule has 1 nitrogen and oxygen atoms in total. The monoisotopic (exact) mass is 220 g/mol. The van der Waals surface area contributed by atoms with Gasteiger partial charge in [-0.15, -0.1) is 0 Å². The van der Waals surface area contributed by atoms with E-state index in [1.807, 2.05) is 30.3 Å². The Kier molecular flexibility index (Phi) is 2.47. The van der Waals surface area contributed by atoms with Crippen molar-refractivity contribution in [2.75, 3.05) is 6.61 Å². The summed E-state index contributed by atoms with van der Waals surface area (Å²) < 4.78 is 19.5. The summed E-state index contributed by atoms with van der Waals surface area (Å²) in [5.74, 6) is 0.980. The molecule has 2 unspecified atom stereocenters. The van der Waals surface area contributed by atoms with Crippen LogP contribution in [0.2, 0.25) is 0 Å². The van der Waals surface area contributed by atoms with Gasteiger partial charge in [0.1, 0.15) is 5.67 Å². The van der Waals surface area contributed by atoms with Crippen LogP contribution >= 0.6 is 0 Å². The molecule has 0 amide bonds. The molecule has 0 aliphatic heterocycles. The van der Waals surface area contributed by atoms with Crippen molar-refractivity contribution in [3.8, 4) is 0 Å². The maximum absolute atomic E-state index is 14.0. The van der Waals surface area contributed by atoms with Gasteiger partial charge in [-0.3, -0.25) is 0 Å². The predicted octanol–water partition coefficient (Wildman–Crippen LogP) is 3.34. The molecule has 0 bridgehead atoms. The van der Waals surface area contributed by atoms with E-state index < -0.39 is 5.67 Å². The number of halogens is 1. The van der Waals surface area contributed by atoms with E-state index in [0.717, 1.165) is 12.0 Å². The van der Waals surface area contributed by atoms with E-state index in [1.54, 1.807) is 0 Å². The first-order valence-corrected chi connectivity index (χ1v) is 6.08. The van der Waals surface area contributed by atoms with Crippen molar-refractivity contribution < 1.29 is 9.13 Å². The smallest absolute Gasteiger partial charge is 0.137 e. The van der Waals surface area contributed by atoms with Crippen LogP contribution in [0, 0.1) is 11.8 Å². The molecule has 2 heteroatoms. The van der Waals surface area contributed by atoms with E-state index in [-0.39, 0.29) is 6.61 Å². The van der Waals surface area contributed by atoms with Gasteiger partial charge in [0.15, 0.2) is 0 Å². The molecule has 2 fully saturated rings. The third-order valence-electron chi connectivity index (χ3n) is 3.71. The summed E-state index contributed by atoms with van der Waals surface area (Å²) in [4.78, 5) is 0. The quantitative estimate of drug-likeness (QED) is 0.739. The van der Waals surface area contributed by atoms with Gasteiger partial charge in [0.2, 0.25) is 0 Å². The highest BCUT2D eigenvalue weighted by molar-refractivity contribution is 5.14. The number of hydrogen-bond acceptors (Lipinski definition) is 1. The topological polar surface area (TPSA) is 9.23 Å². The van der Waals surface area contributed by atoms with E-state index in [9.17, 15) is 4.39 Å². The number of rotatable bonds is 5. The van der Waals surface area contributed by atoms with Crippen LogP contribution in [-0.4, -0.2) is 12.3 Å². The molecular weight excluding hydrogens is 203 g/mol. The molecule has 0 N–H and O–H groups in total. The lowest BCUT2D eigenvalue weighted by molar-refractivity contribution is 0.0499. The minimum atomic E-state index is -0.990. The van der Waals surface area contributed by atoms with Crippen molar-refractivity contribution in [2.45, 2.75) is 31.5 Å². The normalized spacial score (nSPS) is 32.7. The van der Waals surface area contributed by atoms with Crippen LogP contribution < -0.4 is 0 Å². The Balaban J connectivity index is 1.44. The van der Waals surface area contributed by atoms with Crippen molar-refractivity contribution in [1.82, 2.24) is 0 Å². The number of hydrogen-bond donors (Lipinski definition) is 0.